The van der Waals surface area contributed by atoms with Gasteiger partial charge in [-0.3, -0.25) is 4.79 Å². The Morgan fingerprint density at radius 1 is 1.18 bits per heavy atom. The summed E-state index contributed by atoms with van der Waals surface area (Å²) in [5.41, 5.74) is 5.02. The first-order valence-electron chi connectivity index (χ1n) is 8.01. The number of hydrogen-bond acceptors (Lipinski definition) is 2. The third-order valence-electron chi connectivity index (χ3n) is 5.36. The van der Waals surface area contributed by atoms with Gasteiger partial charge in [0.2, 0.25) is 5.91 Å². The van der Waals surface area contributed by atoms with Gasteiger partial charge in [0.1, 0.15) is 0 Å². The maximum Gasteiger partial charge on any atom is 0.243 e. The highest BCUT2D eigenvalue weighted by atomic mass is 16.2. The number of nitrogens with one attached hydrogen (secondary N) is 1. The number of rotatable bonds is 3. The SMILES string of the molecule is CC(=NNC(=O)[C@@H]1CC12CCC2)c1ccc2ccccc2c1. The van der Waals surface area contributed by atoms with E-state index < -0.39 is 0 Å². The van der Waals surface area contributed by atoms with E-state index in [1.165, 1.54) is 30.0 Å². The van der Waals surface area contributed by atoms with Gasteiger partial charge in [-0.25, -0.2) is 5.43 Å². The van der Waals surface area contributed by atoms with Gasteiger partial charge >= 0.3 is 0 Å². The van der Waals surface area contributed by atoms with Crippen molar-refractivity contribution in [2.45, 2.75) is 32.6 Å². The first kappa shape index (κ1) is 13.5. The van der Waals surface area contributed by atoms with Crippen molar-refractivity contribution in [3.63, 3.8) is 0 Å². The van der Waals surface area contributed by atoms with E-state index in [0.29, 0.717) is 5.41 Å². The van der Waals surface area contributed by atoms with Gasteiger partial charge in [-0.1, -0.05) is 42.8 Å². The zero-order valence-electron chi connectivity index (χ0n) is 12.8. The molecule has 2 fully saturated rings. The molecule has 0 radical (unpaired) electrons. The molecule has 0 unspecified atom stereocenters. The smallest absolute Gasteiger partial charge is 0.243 e. The highest BCUT2D eigenvalue weighted by Crippen LogP contribution is 2.65. The Hall–Kier alpha value is -2.16. The standard InChI is InChI=1S/C19H20N2O/c1-13(15-8-7-14-5-2-3-6-16(14)11-15)20-21-18(22)17-12-19(17)9-4-10-19/h2-3,5-8,11,17H,4,9-10,12H2,1H3,(H,21,22)/t17-/m0/s1. The maximum atomic E-state index is 12.1. The fourth-order valence-corrected chi connectivity index (χ4v) is 3.60. The number of benzene rings is 2. The van der Waals surface area contributed by atoms with Gasteiger partial charge in [0, 0.05) is 5.92 Å². The van der Waals surface area contributed by atoms with Crippen LogP contribution in [0.15, 0.2) is 47.6 Å². The number of carbonyl (C=O) groups is 1. The summed E-state index contributed by atoms with van der Waals surface area (Å²) in [6.07, 6.45) is 4.78. The minimum atomic E-state index is 0.0971. The van der Waals surface area contributed by atoms with E-state index in [1.807, 2.05) is 19.1 Å². The molecule has 3 heteroatoms. The van der Waals surface area contributed by atoms with E-state index >= 15 is 0 Å². The molecule has 1 N–H and O–H groups in total. The predicted octanol–water partition coefficient (Wildman–Crippen LogP) is 3.87. The summed E-state index contributed by atoms with van der Waals surface area (Å²) in [7, 11) is 0. The summed E-state index contributed by atoms with van der Waals surface area (Å²) in [5.74, 6) is 0.300. The molecule has 2 aliphatic rings. The molecule has 22 heavy (non-hydrogen) atoms. The maximum absolute atomic E-state index is 12.1. The second kappa shape index (κ2) is 4.94. The van der Waals surface area contributed by atoms with Crippen LogP contribution in [-0.4, -0.2) is 11.6 Å². The number of hydrazone groups is 1. The van der Waals surface area contributed by atoms with E-state index in [4.69, 9.17) is 0 Å². The van der Waals surface area contributed by atoms with Gasteiger partial charge in [-0.2, -0.15) is 5.10 Å². The number of amides is 1. The first-order valence-corrected chi connectivity index (χ1v) is 8.01. The van der Waals surface area contributed by atoms with E-state index in [0.717, 1.165) is 17.7 Å². The average Bonchev–Trinajstić information content (AvgIpc) is 3.28. The molecule has 2 saturated carbocycles. The molecular formula is C19H20N2O. The summed E-state index contributed by atoms with van der Waals surface area (Å²) >= 11 is 0. The lowest BCUT2D eigenvalue weighted by Gasteiger charge is -2.25. The summed E-state index contributed by atoms with van der Waals surface area (Å²) in [6.45, 7) is 1.94. The van der Waals surface area contributed by atoms with Gasteiger partial charge in [-0.05, 0) is 54.0 Å². The molecule has 2 aromatic rings. The molecule has 0 saturated heterocycles. The minimum Gasteiger partial charge on any atom is -0.273 e. The Morgan fingerprint density at radius 2 is 1.95 bits per heavy atom. The molecular weight excluding hydrogens is 272 g/mol. The fraction of sp³-hybridized carbons (Fsp3) is 0.368. The fourth-order valence-electron chi connectivity index (χ4n) is 3.60. The number of hydrogen-bond donors (Lipinski definition) is 1. The zero-order valence-corrected chi connectivity index (χ0v) is 12.8. The molecule has 0 bridgehead atoms. The molecule has 4 rings (SSSR count). The lowest BCUT2D eigenvalue weighted by atomic mass is 9.80. The highest BCUT2D eigenvalue weighted by Gasteiger charge is 2.60. The van der Waals surface area contributed by atoms with Crippen molar-refractivity contribution in [2.75, 3.05) is 0 Å². The van der Waals surface area contributed by atoms with Crippen molar-refractivity contribution >= 4 is 22.4 Å². The van der Waals surface area contributed by atoms with Gasteiger partial charge in [-0.15, -0.1) is 0 Å². The van der Waals surface area contributed by atoms with Crippen LogP contribution in [0.5, 0.6) is 0 Å². The Kier molecular flexibility index (Phi) is 3.03. The van der Waals surface area contributed by atoms with Crippen LogP contribution in [0, 0.1) is 11.3 Å². The van der Waals surface area contributed by atoms with Gasteiger partial charge in [0.05, 0.1) is 5.71 Å². The van der Waals surface area contributed by atoms with Crippen LogP contribution in [0.1, 0.15) is 38.2 Å². The molecule has 2 aromatic carbocycles. The Balaban J connectivity index is 1.47. The van der Waals surface area contributed by atoms with Crippen LogP contribution in [-0.2, 0) is 4.79 Å². The average molecular weight is 292 g/mol. The van der Waals surface area contributed by atoms with E-state index in [9.17, 15) is 4.79 Å². The van der Waals surface area contributed by atoms with Crippen molar-refractivity contribution < 1.29 is 4.79 Å². The summed E-state index contributed by atoms with van der Waals surface area (Å²) in [6, 6.07) is 14.5. The van der Waals surface area contributed by atoms with Crippen LogP contribution in [0.2, 0.25) is 0 Å². The molecule has 3 nitrogen and oxygen atoms in total. The molecule has 1 spiro atoms. The van der Waals surface area contributed by atoms with Crippen molar-refractivity contribution in [1.82, 2.24) is 5.43 Å². The number of carbonyl (C=O) groups excluding carboxylic acids is 1. The Morgan fingerprint density at radius 3 is 2.64 bits per heavy atom. The molecule has 1 amide bonds. The van der Waals surface area contributed by atoms with Gasteiger partial charge in [0.15, 0.2) is 0 Å². The lowest BCUT2D eigenvalue weighted by molar-refractivity contribution is -0.123. The van der Waals surface area contributed by atoms with Crippen LogP contribution < -0.4 is 5.43 Å². The molecule has 0 aliphatic heterocycles. The predicted molar refractivity (Wildman–Crippen MR) is 88.7 cm³/mol. The van der Waals surface area contributed by atoms with Crippen LogP contribution in [0.4, 0.5) is 0 Å². The third kappa shape index (κ3) is 2.21. The van der Waals surface area contributed by atoms with Crippen LogP contribution >= 0.6 is 0 Å². The monoisotopic (exact) mass is 292 g/mol. The summed E-state index contributed by atoms with van der Waals surface area (Å²) in [5, 5.41) is 6.71. The summed E-state index contributed by atoms with van der Waals surface area (Å²) in [4.78, 5) is 12.1. The zero-order chi connectivity index (χ0) is 15.2. The number of fused-ring (bicyclic) bond motifs is 1. The molecule has 0 aromatic heterocycles. The van der Waals surface area contributed by atoms with Gasteiger partial charge < -0.3 is 0 Å². The lowest BCUT2D eigenvalue weighted by Crippen LogP contribution is -2.26. The van der Waals surface area contributed by atoms with Crippen molar-refractivity contribution in [1.29, 1.82) is 0 Å². The molecule has 112 valence electrons. The molecule has 2 aliphatic carbocycles. The Bertz CT molecular complexity index is 774. The van der Waals surface area contributed by atoms with E-state index in [2.05, 4.69) is 40.9 Å². The number of nitrogens with zero attached hydrogens (tertiary/aromatic N) is 1. The van der Waals surface area contributed by atoms with Crippen LogP contribution in [0.25, 0.3) is 10.8 Å². The van der Waals surface area contributed by atoms with Crippen molar-refractivity contribution in [3.8, 4) is 0 Å². The van der Waals surface area contributed by atoms with Crippen molar-refractivity contribution in [2.24, 2.45) is 16.4 Å². The van der Waals surface area contributed by atoms with Crippen LogP contribution in [0.3, 0.4) is 0 Å². The first-order chi connectivity index (χ1) is 10.7. The molecule has 1 atom stereocenters. The molecule has 0 heterocycles. The normalized spacial score (nSPS) is 22.4. The Labute approximate surface area is 130 Å². The largest absolute Gasteiger partial charge is 0.273 e. The van der Waals surface area contributed by atoms with E-state index in [-0.39, 0.29) is 11.8 Å². The second-order valence-electron chi connectivity index (χ2n) is 6.71. The minimum absolute atomic E-state index is 0.0971. The van der Waals surface area contributed by atoms with Gasteiger partial charge in [0.25, 0.3) is 0 Å². The van der Waals surface area contributed by atoms with E-state index in [1.54, 1.807) is 0 Å². The topological polar surface area (TPSA) is 41.5 Å². The quantitative estimate of drug-likeness (QED) is 0.677. The third-order valence-corrected chi connectivity index (χ3v) is 5.36. The highest BCUT2D eigenvalue weighted by molar-refractivity contribution is 6.02. The van der Waals surface area contributed by atoms with Crippen molar-refractivity contribution in [3.05, 3.63) is 48.0 Å². The second-order valence-corrected chi connectivity index (χ2v) is 6.71. The summed E-state index contributed by atoms with van der Waals surface area (Å²) < 4.78 is 0.